The second kappa shape index (κ2) is 7.30. The zero-order valence-electron chi connectivity index (χ0n) is 13.1. The van der Waals surface area contributed by atoms with E-state index in [2.05, 4.69) is 11.1 Å². The lowest BCUT2D eigenvalue weighted by molar-refractivity contribution is -1.02. The number of non-ortho nitro benzene ring substituents is 1. The van der Waals surface area contributed by atoms with Gasteiger partial charge < -0.3 is 9.80 Å². The molecule has 0 radical (unpaired) electrons. The van der Waals surface area contributed by atoms with Crippen LogP contribution in [0.5, 0.6) is 0 Å². The van der Waals surface area contributed by atoms with Crippen molar-refractivity contribution in [2.24, 2.45) is 0 Å². The largest absolute Gasteiger partial charge is 0.322 e. The van der Waals surface area contributed by atoms with Gasteiger partial charge in [0.1, 0.15) is 39.3 Å². The van der Waals surface area contributed by atoms with Crippen molar-refractivity contribution in [1.82, 2.24) is 4.98 Å². The monoisotopic (exact) mass is 314 g/mol. The third-order valence-electron chi connectivity index (χ3n) is 4.42. The Labute approximate surface area is 135 Å². The van der Waals surface area contributed by atoms with Gasteiger partial charge in [0.15, 0.2) is 0 Å². The van der Waals surface area contributed by atoms with Crippen LogP contribution >= 0.6 is 0 Å². The quantitative estimate of drug-likeness (QED) is 0.576. The van der Waals surface area contributed by atoms with Gasteiger partial charge in [-0.25, -0.2) is 0 Å². The molecule has 0 bridgehead atoms. The van der Waals surface area contributed by atoms with Crippen LogP contribution in [0.4, 0.5) is 5.69 Å². The number of pyridine rings is 1. The Bertz CT molecular complexity index is 655. The SMILES string of the molecule is O=[N+]([O-])c1cccc(C[NH+]2CC[NH+](Cc3cccnc3)CC2)c1. The van der Waals surface area contributed by atoms with E-state index in [1.165, 1.54) is 10.5 Å². The Kier molecular flexibility index (Phi) is 4.95. The Balaban J connectivity index is 1.51. The molecule has 0 amide bonds. The molecule has 2 N–H and O–H groups in total. The molecule has 2 aromatic rings. The van der Waals surface area contributed by atoms with Crippen molar-refractivity contribution < 1.29 is 14.7 Å². The average Bonchev–Trinajstić information content (AvgIpc) is 2.58. The van der Waals surface area contributed by atoms with Crippen LogP contribution in [0.3, 0.4) is 0 Å². The maximum absolute atomic E-state index is 10.9. The van der Waals surface area contributed by atoms with Crippen LogP contribution in [-0.2, 0) is 13.1 Å². The minimum atomic E-state index is -0.325. The molecule has 0 saturated carbocycles. The fraction of sp³-hybridized carbons (Fsp3) is 0.353. The summed E-state index contributed by atoms with van der Waals surface area (Å²) in [5.41, 5.74) is 2.51. The smallest absolute Gasteiger partial charge is 0.269 e. The molecular formula is C17H22N4O2+2. The number of piperazine rings is 1. The van der Waals surface area contributed by atoms with Gasteiger partial charge in [-0.1, -0.05) is 18.2 Å². The van der Waals surface area contributed by atoms with Crippen LogP contribution in [0, 0.1) is 10.1 Å². The zero-order chi connectivity index (χ0) is 16.1. The van der Waals surface area contributed by atoms with Gasteiger partial charge in [0.2, 0.25) is 0 Å². The second-order valence-corrected chi connectivity index (χ2v) is 6.14. The summed E-state index contributed by atoms with van der Waals surface area (Å²) < 4.78 is 0. The molecule has 1 fully saturated rings. The van der Waals surface area contributed by atoms with E-state index >= 15 is 0 Å². The van der Waals surface area contributed by atoms with Gasteiger partial charge in [0.05, 0.1) is 4.92 Å². The molecule has 0 atom stereocenters. The number of quaternary nitrogens is 2. The van der Waals surface area contributed by atoms with Crippen LogP contribution in [-0.4, -0.2) is 36.1 Å². The van der Waals surface area contributed by atoms with E-state index in [0.717, 1.165) is 44.8 Å². The summed E-state index contributed by atoms with van der Waals surface area (Å²) in [5.74, 6) is 0. The lowest BCUT2D eigenvalue weighted by Crippen LogP contribution is -3.27. The van der Waals surface area contributed by atoms with Crippen molar-refractivity contribution >= 4 is 5.69 Å². The summed E-state index contributed by atoms with van der Waals surface area (Å²) in [6.07, 6.45) is 3.75. The van der Waals surface area contributed by atoms with Crippen LogP contribution in [0.2, 0.25) is 0 Å². The number of aromatic nitrogens is 1. The van der Waals surface area contributed by atoms with Gasteiger partial charge in [-0.3, -0.25) is 15.1 Å². The second-order valence-electron chi connectivity index (χ2n) is 6.14. The van der Waals surface area contributed by atoms with Crippen LogP contribution in [0.25, 0.3) is 0 Å². The molecule has 1 aliphatic rings. The Hall–Kier alpha value is -2.31. The fourth-order valence-corrected chi connectivity index (χ4v) is 3.17. The van der Waals surface area contributed by atoms with Gasteiger partial charge >= 0.3 is 0 Å². The predicted molar refractivity (Wildman–Crippen MR) is 86.1 cm³/mol. The van der Waals surface area contributed by atoms with Crippen molar-refractivity contribution in [3.63, 3.8) is 0 Å². The number of hydrogen-bond acceptors (Lipinski definition) is 3. The van der Waals surface area contributed by atoms with Crippen LogP contribution in [0.15, 0.2) is 48.8 Å². The summed E-state index contributed by atoms with van der Waals surface area (Å²) in [6, 6.07) is 11.1. The predicted octanol–water partition coefficient (Wildman–Crippen LogP) is -0.527. The molecular weight excluding hydrogens is 292 g/mol. The number of hydrogen-bond donors (Lipinski definition) is 2. The molecule has 1 aliphatic heterocycles. The van der Waals surface area contributed by atoms with Gasteiger partial charge in [-0.05, 0) is 6.07 Å². The Morgan fingerprint density at radius 3 is 2.26 bits per heavy atom. The molecule has 1 aromatic heterocycles. The highest BCUT2D eigenvalue weighted by atomic mass is 16.6. The van der Waals surface area contributed by atoms with Gasteiger partial charge in [-0.2, -0.15) is 0 Å². The van der Waals surface area contributed by atoms with Crippen LogP contribution < -0.4 is 9.80 Å². The number of nitrogens with zero attached hydrogens (tertiary/aromatic N) is 2. The molecule has 0 aliphatic carbocycles. The van der Waals surface area contributed by atoms with E-state index in [1.54, 1.807) is 29.3 Å². The number of nitro groups is 1. The Morgan fingerprint density at radius 2 is 1.65 bits per heavy atom. The lowest BCUT2D eigenvalue weighted by Gasteiger charge is -2.29. The number of rotatable bonds is 5. The minimum absolute atomic E-state index is 0.183. The third kappa shape index (κ3) is 4.34. The average molecular weight is 314 g/mol. The summed E-state index contributed by atoms with van der Waals surface area (Å²) in [5, 5.41) is 10.9. The molecule has 120 valence electrons. The Morgan fingerprint density at radius 1 is 1.00 bits per heavy atom. The van der Waals surface area contributed by atoms with E-state index in [0.29, 0.717) is 0 Å². The first-order valence-corrected chi connectivity index (χ1v) is 8.00. The molecule has 6 nitrogen and oxygen atoms in total. The summed E-state index contributed by atoms with van der Waals surface area (Å²) >= 11 is 0. The van der Waals surface area contributed by atoms with E-state index in [9.17, 15) is 10.1 Å². The van der Waals surface area contributed by atoms with E-state index < -0.39 is 0 Å². The van der Waals surface area contributed by atoms with Gasteiger partial charge in [0.25, 0.3) is 5.69 Å². The number of benzene rings is 1. The highest BCUT2D eigenvalue weighted by Gasteiger charge is 2.23. The third-order valence-corrected chi connectivity index (χ3v) is 4.42. The summed E-state index contributed by atoms with van der Waals surface area (Å²) in [4.78, 5) is 17.8. The van der Waals surface area contributed by atoms with Crippen molar-refractivity contribution in [1.29, 1.82) is 0 Å². The maximum atomic E-state index is 10.9. The molecule has 1 saturated heterocycles. The molecule has 1 aromatic carbocycles. The van der Waals surface area contributed by atoms with E-state index in [-0.39, 0.29) is 10.6 Å². The first kappa shape index (κ1) is 15.6. The zero-order valence-corrected chi connectivity index (χ0v) is 13.1. The van der Waals surface area contributed by atoms with E-state index in [4.69, 9.17) is 0 Å². The molecule has 0 spiro atoms. The van der Waals surface area contributed by atoms with Crippen molar-refractivity contribution in [2.45, 2.75) is 13.1 Å². The molecule has 2 heterocycles. The molecule has 23 heavy (non-hydrogen) atoms. The summed E-state index contributed by atoms with van der Waals surface area (Å²) in [7, 11) is 0. The fourth-order valence-electron chi connectivity index (χ4n) is 3.17. The number of nitrogens with one attached hydrogen (secondary N) is 2. The van der Waals surface area contributed by atoms with Gasteiger partial charge in [0, 0.05) is 35.7 Å². The van der Waals surface area contributed by atoms with E-state index in [1.807, 2.05) is 18.3 Å². The van der Waals surface area contributed by atoms with Crippen molar-refractivity contribution in [3.8, 4) is 0 Å². The minimum Gasteiger partial charge on any atom is -0.322 e. The maximum Gasteiger partial charge on any atom is 0.269 e. The highest BCUT2D eigenvalue weighted by Crippen LogP contribution is 2.12. The van der Waals surface area contributed by atoms with Crippen molar-refractivity contribution in [2.75, 3.05) is 26.2 Å². The first-order valence-electron chi connectivity index (χ1n) is 8.00. The summed E-state index contributed by atoms with van der Waals surface area (Å²) in [6.45, 7) is 6.33. The molecule has 0 unspecified atom stereocenters. The molecule has 6 heteroatoms. The molecule has 3 rings (SSSR count). The van der Waals surface area contributed by atoms with Crippen molar-refractivity contribution in [3.05, 3.63) is 70.0 Å². The normalized spacial score (nSPS) is 21.0. The number of nitro benzene ring substituents is 1. The lowest BCUT2D eigenvalue weighted by atomic mass is 10.1. The topological polar surface area (TPSA) is 64.9 Å². The highest BCUT2D eigenvalue weighted by molar-refractivity contribution is 5.33. The first-order chi connectivity index (χ1) is 11.2. The van der Waals surface area contributed by atoms with Gasteiger partial charge in [-0.15, -0.1) is 0 Å². The van der Waals surface area contributed by atoms with Crippen LogP contribution in [0.1, 0.15) is 11.1 Å². The standard InChI is InChI=1S/C17H20N4O2/c22-21(23)17-5-1-3-15(11-17)13-19-7-9-20(10-8-19)14-16-4-2-6-18-12-16/h1-6,11-12H,7-10,13-14H2/p+2.